The number of carbonyl (C=O) groups excluding carboxylic acids is 3. The lowest BCUT2D eigenvalue weighted by atomic mass is 9.94. The molecule has 1 aromatic carbocycles. The third kappa shape index (κ3) is 5.69. The third-order valence-corrected chi connectivity index (χ3v) is 4.74. The highest BCUT2D eigenvalue weighted by Crippen LogP contribution is 2.25. The number of hydrogen-bond acceptors (Lipinski definition) is 4. The molecular weight excluding hydrogens is 414 g/mol. The Morgan fingerprint density at radius 2 is 1.96 bits per heavy atom. The van der Waals surface area contributed by atoms with Crippen molar-refractivity contribution in [1.82, 2.24) is 15.8 Å². The second-order valence-corrected chi connectivity index (χ2v) is 8.52. The van der Waals surface area contributed by atoms with E-state index in [1.165, 1.54) is 0 Å². The van der Waals surface area contributed by atoms with Crippen molar-refractivity contribution < 1.29 is 19.1 Å². The Morgan fingerprint density at radius 1 is 1.26 bits per heavy atom. The van der Waals surface area contributed by atoms with Gasteiger partial charge in [0.05, 0.1) is 0 Å². The minimum Gasteiger partial charge on any atom is -0.481 e. The minimum atomic E-state index is -0.796. The zero-order valence-electron chi connectivity index (χ0n) is 16.0. The molecule has 0 bridgehead atoms. The van der Waals surface area contributed by atoms with E-state index in [0.29, 0.717) is 18.7 Å². The van der Waals surface area contributed by atoms with Crippen molar-refractivity contribution in [1.29, 1.82) is 0 Å². The molecule has 8 heteroatoms. The van der Waals surface area contributed by atoms with Gasteiger partial charge in [0.15, 0.2) is 6.10 Å². The smallest absolute Gasteiger partial charge is 0.279 e. The quantitative estimate of drug-likeness (QED) is 0.704. The molecule has 0 aliphatic carbocycles. The standard InChI is InChI=1S/C19H26BrN3O4/c1-12(27-14-8-5-7-13(20)11-14)16(24)21-22-17(25)15-9-6-10-23(15)18(26)19(2,3)4/h5,7-8,11-12,15H,6,9-10H2,1-4H3,(H,21,24)(H,22,25). The van der Waals surface area contributed by atoms with Gasteiger partial charge in [0.25, 0.3) is 11.8 Å². The highest BCUT2D eigenvalue weighted by atomic mass is 79.9. The lowest BCUT2D eigenvalue weighted by Crippen LogP contribution is -2.54. The summed E-state index contributed by atoms with van der Waals surface area (Å²) in [4.78, 5) is 38.7. The van der Waals surface area contributed by atoms with E-state index in [1.54, 1.807) is 30.0 Å². The number of amides is 3. The maximum absolute atomic E-state index is 12.5. The minimum absolute atomic E-state index is 0.0715. The Bertz CT molecular complexity index is 717. The fourth-order valence-electron chi connectivity index (χ4n) is 2.82. The second-order valence-electron chi connectivity index (χ2n) is 7.60. The van der Waals surface area contributed by atoms with Crippen molar-refractivity contribution >= 4 is 33.7 Å². The number of hydrogen-bond donors (Lipinski definition) is 2. The van der Waals surface area contributed by atoms with Crippen LogP contribution in [0.1, 0.15) is 40.5 Å². The summed E-state index contributed by atoms with van der Waals surface area (Å²) in [6, 6.07) is 6.56. The summed E-state index contributed by atoms with van der Waals surface area (Å²) < 4.78 is 6.40. The zero-order chi connectivity index (χ0) is 20.2. The lowest BCUT2D eigenvalue weighted by Gasteiger charge is -2.30. The molecule has 2 unspecified atom stereocenters. The number of rotatable bonds is 4. The van der Waals surface area contributed by atoms with E-state index >= 15 is 0 Å². The first-order valence-corrected chi connectivity index (χ1v) is 9.72. The first-order valence-electron chi connectivity index (χ1n) is 8.92. The van der Waals surface area contributed by atoms with Gasteiger partial charge >= 0.3 is 0 Å². The largest absolute Gasteiger partial charge is 0.481 e. The molecule has 1 aliphatic rings. The molecule has 2 N–H and O–H groups in total. The van der Waals surface area contributed by atoms with Crippen molar-refractivity contribution in [3.05, 3.63) is 28.7 Å². The molecule has 7 nitrogen and oxygen atoms in total. The number of nitrogens with one attached hydrogen (secondary N) is 2. The molecule has 1 saturated heterocycles. The topological polar surface area (TPSA) is 87.7 Å². The predicted octanol–water partition coefficient (Wildman–Crippen LogP) is 2.40. The molecule has 1 aromatic rings. The van der Waals surface area contributed by atoms with Gasteiger partial charge in [0.2, 0.25) is 5.91 Å². The summed E-state index contributed by atoms with van der Waals surface area (Å²) in [5.74, 6) is -0.406. The van der Waals surface area contributed by atoms with Gasteiger partial charge < -0.3 is 9.64 Å². The molecule has 3 amide bonds. The Hall–Kier alpha value is -2.09. The molecule has 1 heterocycles. The van der Waals surface area contributed by atoms with Crippen LogP contribution in [-0.2, 0) is 14.4 Å². The molecule has 2 rings (SSSR count). The van der Waals surface area contributed by atoms with Gasteiger partial charge in [-0.1, -0.05) is 42.8 Å². The number of halogens is 1. The summed E-state index contributed by atoms with van der Waals surface area (Å²) in [5, 5.41) is 0. The summed E-state index contributed by atoms with van der Waals surface area (Å²) in [6.45, 7) is 7.61. The SMILES string of the molecule is CC(Oc1cccc(Br)c1)C(=O)NNC(=O)C1CCCN1C(=O)C(C)(C)C. The van der Waals surface area contributed by atoms with Crippen molar-refractivity contribution in [3.63, 3.8) is 0 Å². The van der Waals surface area contributed by atoms with Crippen LogP contribution in [0.3, 0.4) is 0 Å². The average molecular weight is 440 g/mol. The molecule has 27 heavy (non-hydrogen) atoms. The Balaban J connectivity index is 1.88. The molecule has 0 radical (unpaired) electrons. The number of benzene rings is 1. The third-order valence-electron chi connectivity index (χ3n) is 4.24. The molecule has 1 aliphatic heterocycles. The van der Waals surface area contributed by atoms with Crippen molar-refractivity contribution in [2.45, 2.75) is 52.7 Å². The van der Waals surface area contributed by atoms with Crippen LogP contribution < -0.4 is 15.6 Å². The molecule has 2 atom stereocenters. The van der Waals surface area contributed by atoms with Crippen LogP contribution in [0.2, 0.25) is 0 Å². The van der Waals surface area contributed by atoms with Gasteiger partial charge in [-0.05, 0) is 38.0 Å². The van der Waals surface area contributed by atoms with Crippen LogP contribution in [-0.4, -0.2) is 41.3 Å². The summed E-state index contributed by atoms with van der Waals surface area (Å²) >= 11 is 3.34. The molecule has 1 fully saturated rings. The molecule has 0 saturated carbocycles. The van der Waals surface area contributed by atoms with Gasteiger partial charge in [-0.3, -0.25) is 25.2 Å². The zero-order valence-corrected chi connectivity index (χ0v) is 17.6. The monoisotopic (exact) mass is 439 g/mol. The lowest BCUT2D eigenvalue weighted by molar-refractivity contribution is -0.145. The fourth-order valence-corrected chi connectivity index (χ4v) is 3.20. The maximum Gasteiger partial charge on any atom is 0.279 e. The van der Waals surface area contributed by atoms with Crippen LogP contribution in [0.5, 0.6) is 5.75 Å². The van der Waals surface area contributed by atoms with Crippen LogP contribution in [0.25, 0.3) is 0 Å². The molecular formula is C19H26BrN3O4. The van der Waals surface area contributed by atoms with Crippen LogP contribution in [0.15, 0.2) is 28.7 Å². The summed E-state index contributed by atoms with van der Waals surface area (Å²) in [7, 11) is 0. The first kappa shape index (κ1) is 21.2. The highest BCUT2D eigenvalue weighted by Gasteiger charge is 2.38. The summed E-state index contributed by atoms with van der Waals surface area (Å²) in [5.41, 5.74) is 4.24. The number of hydrazine groups is 1. The predicted molar refractivity (Wildman–Crippen MR) is 105 cm³/mol. The van der Waals surface area contributed by atoms with E-state index in [4.69, 9.17) is 4.74 Å². The van der Waals surface area contributed by atoms with E-state index in [0.717, 1.165) is 10.9 Å². The Kier molecular flexibility index (Phi) is 6.86. The van der Waals surface area contributed by atoms with Crippen molar-refractivity contribution in [2.24, 2.45) is 5.41 Å². The van der Waals surface area contributed by atoms with Gasteiger partial charge in [-0.2, -0.15) is 0 Å². The molecule has 0 spiro atoms. The number of carbonyl (C=O) groups is 3. The second kappa shape index (κ2) is 8.73. The van der Waals surface area contributed by atoms with Gasteiger partial charge in [-0.15, -0.1) is 0 Å². The van der Waals surface area contributed by atoms with Gasteiger partial charge in [0.1, 0.15) is 11.8 Å². The molecule has 148 valence electrons. The Morgan fingerprint density at radius 3 is 2.59 bits per heavy atom. The van der Waals surface area contributed by atoms with Crippen LogP contribution in [0, 0.1) is 5.41 Å². The number of ether oxygens (including phenoxy) is 1. The number of likely N-dealkylation sites (tertiary alicyclic amines) is 1. The Labute approximate surface area is 167 Å². The van der Waals surface area contributed by atoms with Crippen molar-refractivity contribution in [2.75, 3.05) is 6.54 Å². The van der Waals surface area contributed by atoms with E-state index in [1.807, 2.05) is 26.8 Å². The average Bonchev–Trinajstić information content (AvgIpc) is 3.07. The normalized spacial score (nSPS) is 18.0. The number of nitrogens with zero attached hydrogens (tertiary/aromatic N) is 1. The first-order chi connectivity index (χ1) is 12.6. The van der Waals surface area contributed by atoms with E-state index in [9.17, 15) is 14.4 Å². The van der Waals surface area contributed by atoms with Gasteiger partial charge in [0, 0.05) is 16.4 Å². The van der Waals surface area contributed by atoms with Gasteiger partial charge in [-0.25, -0.2) is 0 Å². The van der Waals surface area contributed by atoms with E-state index in [2.05, 4.69) is 26.8 Å². The van der Waals surface area contributed by atoms with Crippen molar-refractivity contribution in [3.8, 4) is 5.75 Å². The molecule has 0 aromatic heterocycles. The highest BCUT2D eigenvalue weighted by molar-refractivity contribution is 9.10. The fraction of sp³-hybridized carbons (Fsp3) is 0.526. The van der Waals surface area contributed by atoms with E-state index in [-0.39, 0.29) is 5.91 Å². The van der Waals surface area contributed by atoms with E-state index < -0.39 is 29.4 Å². The van der Waals surface area contributed by atoms with Crippen LogP contribution >= 0.6 is 15.9 Å². The summed E-state index contributed by atoms with van der Waals surface area (Å²) in [6.07, 6.45) is 0.541. The maximum atomic E-state index is 12.5. The van der Waals surface area contributed by atoms with Crippen LogP contribution in [0.4, 0.5) is 0 Å².